The van der Waals surface area contributed by atoms with E-state index in [-0.39, 0.29) is 5.41 Å². The highest BCUT2D eigenvalue weighted by molar-refractivity contribution is 5.34. The SMILES string of the molecule is C[C@H]1[C@H](C)CC[C@]2(CO)CC[C@]3(C)C(=CC[C@@H]4[C@@]5(C)CCCC(C)(C)[C@@H]5CC[C@]43C)[C@H]12. The summed E-state index contributed by atoms with van der Waals surface area (Å²) in [6.45, 7) is 18.6. The normalized spacial score (nSPS) is 55.9. The zero-order valence-electron chi connectivity index (χ0n) is 21.7. The van der Waals surface area contributed by atoms with Gasteiger partial charge >= 0.3 is 0 Å². The summed E-state index contributed by atoms with van der Waals surface area (Å²) in [6, 6.07) is 0. The third kappa shape index (κ3) is 2.71. The molecule has 0 aliphatic heterocycles. The van der Waals surface area contributed by atoms with Crippen molar-refractivity contribution in [1.82, 2.24) is 0 Å². The van der Waals surface area contributed by atoms with Crippen LogP contribution in [0.25, 0.3) is 0 Å². The summed E-state index contributed by atoms with van der Waals surface area (Å²) in [7, 11) is 0. The van der Waals surface area contributed by atoms with Crippen molar-refractivity contribution in [3.05, 3.63) is 11.6 Å². The molecule has 0 saturated heterocycles. The van der Waals surface area contributed by atoms with Gasteiger partial charge in [-0.05, 0) is 109 Å². The molecule has 5 aliphatic carbocycles. The van der Waals surface area contributed by atoms with Gasteiger partial charge in [0.1, 0.15) is 0 Å². The molecule has 0 aromatic rings. The van der Waals surface area contributed by atoms with Crippen LogP contribution in [-0.2, 0) is 0 Å². The summed E-state index contributed by atoms with van der Waals surface area (Å²) in [4.78, 5) is 0. The molecule has 0 heterocycles. The van der Waals surface area contributed by atoms with Gasteiger partial charge in [0.05, 0.1) is 0 Å². The van der Waals surface area contributed by atoms with Crippen LogP contribution in [0.15, 0.2) is 11.6 Å². The largest absolute Gasteiger partial charge is 0.396 e. The van der Waals surface area contributed by atoms with Crippen LogP contribution >= 0.6 is 0 Å². The Morgan fingerprint density at radius 2 is 1.61 bits per heavy atom. The molecule has 0 aromatic carbocycles. The van der Waals surface area contributed by atoms with E-state index in [1.165, 1.54) is 64.2 Å². The fraction of sp³-hybridized carbons (Fsp3) is 0.933. The third-order valence-electron chi connectivity index (χ3n) is 13.2. The van der Waals surface area contributed by atoms with Crippen molar-refractivity contribution in [3.8, 4) is 0 Å². The maximum Gasteiger partial charge on any atom is 0.0493 e. The molecule has 5 rings (SSSR count). The van der Waals surface area contributed by atoms with Crippen molar-refractivity contribution >= 4 is 0 Å². The Hall–Kier alpha value is -0.300. The topological polar surface area (TPSA) is 20.2 Å². The van der Waals surface area contributed by atoms with Gasteiger partial charge in [-0.3, -0.25) is 0 Å². The lowest BCUT2D eigenvalue weighted by Crippen LogP contribution is -2.63. The van der Waals surface area contributed by atoms with Gasteiger partial charge in [-0.15, -0.1) is 0 Å². The lowest BCUT2D eigenvalue weighted by atomic mass is 9.33. The zero-order chi connectivity index (χ0) is 22.4. The second-order valence-electron chi connectivity index (χ2n) is 14.5. The number of hydrogen-bond acceptors (Lipinski definition) is 1. The molecule has 1 heteroatoms. The van der Waals surface area contributed by atoms with Crippen molar-refractivity contribution in [1.29, 1.82) is 0 Å². The summed E-state index contributed by atoms with van der Waals surface area (Å²) >= 11 is 0. The molecule has 4 fully saturated rings. The van der Waals surface area contributed by atoms with E-state index in [2.05, 4.69) is 54.5 Å². The average molecular weight is 427 g/mol. The summed E-state index contributed by atoms with van der Waals surface area (Å²) in [5.74, 6) is 3.80. The second-order valence-corrected chi connectivity index (χ2v) is 14.5. The number of allylic oxidation sites excluding steroid dienone is 2. The van der Waals surface area contributed by atoms with E-state index in [1.54, 1.807) is 5.57 Å². The van der Waals surface area contributed by atoms with Gasteiger partial charge in [0.25, 0.3) is 0 Å². The predicted molar refractivity (Wildman–Crippen MR) is 131 cm³/mol. The summed E-state index contributed by atoms with van der Waals surface area (Å²) < 4.78 is 0. The quantitative estimate of drug-likeness (QED) is 0.421. The molecule has 0 aromatic heterocycles. The number of aliphatic hydroxyl groups is 1. The molecule has 0 radical (unpaired) electrons. The molecule has 176 valence electrons. The maximum absolute atomic E-state index is 10.7. The van der Waals surface area contributed by atoms with E-state index in [0.29, 0.717) is 40.1 Å². The van der Waals surface area contributed by atoms with Gasteiger partial charge in [0.2, 0.25) is 0 Å². The van der Waals surface area contributed by atoms with Gasteiger partial charge in [-0.25, -0.2) is 0 Å². The molecule has 0 bridgehead atoms. The van der Waals surface area contributed by atoms with Crippen molar-refractivity contribution < 1.29 is 5.11 Å². The summed E-state index contributed by atoms with van der Waals surface area (Å²) in [6.07, 6.45) is 16.3. The Balaban J connectivity index is 1.60. The minimum absolute atomic E-state index is 0.161. The number of fused-ring (bicyclic) bond motifs is 7. The van der Waals surface area contributed by atoms with Gasteiger partial charge in [-0.2, -0.15) is 0 Å². The molecule has 1 N–H and O–H groups in total. The Kier molecular flexibility index (Phi) is 4.98. The molecule has 5 aliphatic rings. The van der Waals surface area contributed by atoms with E-state index in [0.717, 1.165) is 17.8 Å². The molecular formula is C30H50O. The van der Waals surface area contributed by atoms with E-state index in [1.807, 2.05) is 0 Å². The standard InChI is InChI=1S/C30H50O/c1-20-11-16-30(19-31)18-17-28(6)22(25(30)21(20)2)9-10-24-27(5)14-8-13-26(3,4)23(27)12-15-29(24,28)7/h9,20-21,23-25,31H,8,10-19H2,1-7H3/t20-,21+,23+,24-,25+,27+,28-,29-,30-/m1/s1. The van der Waals surface area contributed by atoms with Gasteiger partial charge in [-0.1, -0.05) is 66.5 Å². The summed E-state index contributed by atoms with van der Waals surface area (Å²) in [5, 5.41) is 10.7. The average Bonchev–Trinajstić information content (AvgIpc) is 2.70. The Bertz CT molecular complexity index is 764. The molecule has 0 amide bonds. The number of rotatable bonds is 1. The minimum atomic E-state index is 0.161. The van der Waals surface area contributed by atoms with E-state index < -0.39 is 0 Å². The Morgan fingerprint density at radius 3 is 2.32 bits per heavy atom. The molecule has 0 unspecified atom stereocenters. The maximum atomic E-state index is 10.7. The zero-order valence-corrected chi connectivity index (χ0v) is 21.7. The van der Waals surface area contributed by atoms with Crippen LogP contribution in [0.5, 0.6) is 0 Å². The van der Waals surface area contributed by atoms with Gasteiger partial charge < -0.3 is 5.11 Å². The highest BCUT2D eigenvalue weighted by Gasteiger charge is 2.67. The van der Waals surface area contributed by atoms with Crippen LogP contribution in [0.1, 0.15) is 113 Å². The number of hydrogen-bond donors (Lipinski definition) is 1. The third-order valence-corrected chi connectivity index (χ3v) is 13.2. The van der Waals surface area contributed by atoms with Crippen LogP contribution in [-0.4, -0.2) is 11.7 Å². The van der Waals surface area contributed by atoms with Crippen LogP contribution in [0, 0.1) is 56.7 Å². The molecule has 31 heavy (non-hydrogen) atoms. The van der Waals surface area contributed by atoms with Gasteiger partial charge in [0.15, 0.2) is 0 Å². The van der Waals surface area contributed by atoms with Crippen LogP contribution in [0.3, 0.4) is 0 Å². The molecule has 1 nitrogen and oxygen atoms in total. The van der Waals surface area contributed by atoms with Crippen LogP contribution in [0.4, 0.5) is 0 Å². The van der Waals surface area contributed by atoms with Crippen LogP contribution in [0.2, 0.25) is 0 Å². The van der Waals surface area contributed by atoms with Crippen molar-refractivity contribution in [2.24, 2.45) is 56.7 Å². The first-order valence-electron chi connectivity index (χ1n) is 13.8. The lowest BCUT2D eigenvalue weighted by Gasteiger charge is -2.71. The molecule has 9 atom stereocenters. The highest BCUT2D eigenvalue weighted by atomic mass is 16.3. The highest BCUT2D eigenvalue weighted by Crippen LogP contribution is 2.75. The predicted octanol–water partition coefficient (Wildman–Crippen LogP) is 8.03. The smallest absolute Gasteiger partial charge is 0.0493 e. The summed E-state index contributed by atoms with van der Waals surface area (Å²) in [5.41, 5.74) is 3.69. The van der Waals surface area contributed by atoms with E-state index in [9.17, 15) is 5.11 Å². The Morgan fingerprint density at radius 1 is 0.871 bits per heavy atom. The first-order valence-corrected chi connectivity index (χ1v) is 13.8. The van der Waals surface area contributed by atoms with Gasteiger partial charge in [0, 0.05) is 12.0 Å². The first kappa shape index (κ1) is 22.5. The van der Waals surface area contributed by atoms with E-state index >= 15 is 0 Å². The first-order chi connectivity index (χ1) is 14.5. The second kappa shape index (κ2) is 6.86. The number of aliphatic hydroxyl groups excluding tert-OH is 1. The monoisotopic (exact) mass is 426 g/mol. The van der Waals surface area contributed by atoms with Crippen LogP contribution < -0.4 is 0 Å². The van der Waals surface area contributed by atoms with E-state index in [4.69, 9.17) is 0 Å². The van der Waals surface area contributed by atoms with Crippen molar-refractivity contribution in [2.75, 3.05) is 6.61 Å². The molecule has 0 spiro atoms. The minimum Gasteiger partial charge on any atom is -0.396 e. The fourth-order valence-electron chi connectivity index (χ4n) is 11.0. The molecule has 4 saturated carbocycles. The Labute approximate surface area is 192 Å². The van der Waals surface area contributed by atoms with Crippen molar-refractivity contribution in [2.45, 2.75) is 113 Å². The fourth-order valence-corrected chi connectivity index (χ4v) is 11.0. The molecular weight excluding hydrogens is 376 g/mol. The lowest BCUT2D eigenvalue weighted by molar-refractivity contribution is -0.184. The van der Waals surface area contributed by atoms with Crippen molar-refractivity contribution in [3.63, 3.8) is 0 Å².